The summed E-state index contributed by atoms with van der Waals surface area (Å²) in [6, 6.07) is 12.1. The maximum absolute atomic E-state index is 12.8. The van der Waals surface area contributed by atoms with Gasteiger partial charge in [0.1, 0.15) is 0 Å². The molecule has 0 bridgehead atoms. The van der Waals surface area contributed by atoms with E-state index in [1.54, 1.807) is 40.4 Å². The van der Waals surface area contributed by atoms with Crippen LogP contribution in [-0.4, -0.2) is 15.7 Å². The van der Waals surface area contributed by atoms with Crippen LogP contribution < -0.4 is 5.32 Å². The zero-order chi connectivity index (χ0) is 19.7. The number of amides is 1. The molecule has 4 aromatic rings. The topological polar surface area (TPSA) is 46.9 Å². The molecule has 2 aromatic carbocycles. The number of carbonyl (C=O) groups excluding carboxylic acids is 1. The van der Waals surface area contributed by atoms with Crippen LogP contribution in [0.1, 0.15) is 21.5 Å². The van der Waals surface area contributed by atoms with Gasteiger partial charge in [-0.15, -0.1) is 0 Å². The predicted octanol–water partition coefficient (Wildman–Crippen LogP) is 5.04. The van der Waals surface area contributed by atoms with Crippen molar-refractivity contribution in [1.29, 1.82) is 0 Å². The molecule has 1 N–H and O–H groups in total. The first kappa shape index (κ1) is 18.2. The highest BCUT2D eigenvalue weighted by Gasteiger charge is 2.30. The van der Waals surface area contributed by atoms with Gasteiger partial charge in [-0.05, 0) is 41.3 Å². The van der Waals surface area contributed by atoms with Gasteiger partial charge in [0.25, 0.3) is 5.91 Å². The molecule has 142 valence electrons. The number of alkyl halides is 3. The molecular weight excluding hydrogens is 387 g/mol. The van der Waals surface area contributed by atoms with Gasteiger partial charge in [-0.25, -0.2) is 4.68 Å². The summed E-state index contributed by atoms with van der Waals surface area (Å²) in [6.45, 7) is -0.00217. The lowest BCUT2D eigenvalue weighted by Crippen LogP contribution is -2.23. The average molecular weight is 401 g/mol. The predicted molar refractivity (Wildman–Crippen MR) is 102 cm³/mol. The highest BCUT2D eigenvalue weighted by molar-refractivity contribution is 7.08. The van der Waals surface area contributed by atoms with Gasteiger partial charge in [0, 0.05) is 17.3 Å². The van der Waals surface area contributed by atoms with Gasteiger partial charge in [0.2, 0.25) is 0 Å². The van der Waals surface area contributed by atoms with Crippen LogP contribution in [0.15, 0.2) is 65.5 Å². The molecule has 0 aliphatic rings. The Morgan fingerprint density at radius 1 is 1.14 bits per heavy atom. The van der Waals surface area contributed by atoms with E-state index in [2.05, 4.69) is 10.4 Å². The number of hydrogen-bond donors (Lipinski definition) is 1. The number of fused-ring (bicyclic) bond motifs is 1. The van der Waals surface area contributed by atoms with Crippen molar-refractivity contribution in [3.05, 3.63) is 82.2 Å². The van der Waals surface area contributed by atoms with Gasteiger partial charge in [0.15, 0.2) is 0 Å². The molecule has 2 heterocycles. The van der Waals surface area contributed by atoms with Crippen molar-refractivity contribution in [2.75, 3.05) is 0 Å². The summed E-state index contributed by atoms with van der Waals surface area (Å²) in [7, 11) is 0. The largest absolute Gasteiger partial charge is 0.416 e. The van der Waals surface area contributed by atoms with Crippen LogP contribution in [0.4, 0.5) is 13.2 Å². The number of thiophene rings is 1. The second-order valence-corrected chi connectivity index (χ2v) is 6.94. The zero-order valence-electron chi connectivity index (χ0n) is 14.4. The Balaban J connectivity index is 1.57. The molecule has 1 amide bonds. The lowest BCUT2D eigenvalue weighted by molar-refractivity contribution is -0.137. The minimum absolute atomic E-state index is 0.00217. The van der Waals surface area contributed by atoms with E-state index in [4.69, 9.17) is 0 Å². The van der Waals surface area contributed by atoms with Crippen LogP contribution in [0.25, 0.3) is 16.6 Å². The number of benzene rings is 2. The summed E-state index contributed by atoms with van der Waals surface area (Å²) in [5.74, 6) is -0.368. The van der Waals surface area contributed by atoms with Crippen LogP contribution in [-0.2, 0) is 12.7 Å². The van der Waals surface area contributed by atoms with E-state index in [0.29, 0.717) is 16.5 Å². The molecule has 0 saturated heterocycles. The van der Waals surface area contributed by atoms with Crippen LogP contribution >= 0.6 is 11.3 Å². The van der Waals surface area contributed by atoms with E-state index in [1.807, 2.05) is 22.9 Å². The van der Waals surface area contributed by atoms with Gasteiger partial charge in [0.05, 0.1) is 28.5 Å². The molecule has 4 nitrogen and oxygen atoms in total. The number of nitrogens with one attached hydrogen (secondary N) is 1. The minimum Gasteiger partial charge on any atom is -0.348 e. The summed E-state index contributed by atoms with van der Waals surface area (Å²) in [5, 5.41) is 11.6. The molecule has 0 radical (unpaired) electrons. The molecule has 0 aliphatic carbocycles. The summed E-state index contributed by atoms with van der Waals surface area (Å²) in [5.41, 5.74) is 1.75. The molecule has 0 spiro atoms. The Morgan fingerprint density at radius 3 is 2.71 bits per heavy atom. The number of nitrogens with zero attached hydrogens (tertiary/aromatic N) is 2. The highest BCUT2D eigenvalue weighted by Crippen LogP contribution is 2.29. The molecule has 8 heteroatoms. The Hall–Kier alpha value is -3.13. The molecule has 0 unspecified atom stereocenters. The van der Waals surface area contributed by atoms with E-state index < -0.39 is 11.7 Å². The quantitative estimate of drug-likeness (QED) is 0.521. The van der Waals surface area contributed by atoms with Crippen molar-refractivity contribution in [2.45, 2.75) is 12.7 Å². The monoisotopic (exact) mass is 401 g/mol. The zero-order valence-corrected chi connectivity index (χ0v) is 15.2. The normalized spacial score (nSPS) is 11.7. The maximum Gasteiger partial charge on any atom is 0.416 e. The maximum atomic E-state index is 12.8. The molecular formula is C20H14F3N3OS. The summed E-state index contributed by atoms with van der Waals surface area (Å²) < 4.78 is 40.2. The highest BCUT2D eigenvalue weighted by atomic mass is 32.1. The van der Waals surface area contributed by atoms with Gasteiger partial charge < -0.3 is 5.32 Å². The fourth-order valence-corrected chi connectivity index (χ4v) is 3.58. The average Bonchev–Trinajstić information content (AvgIpc) is 3.34. The van der Waals surface area contributed by atoms with Crippen LogP contribution in [0.5, 0.6) is 0 Å². The summed E-state index contributed by atoms with van der Waals surface area (Å²) in [6.07, 6.45) is -2.80. The molecule has 0 saturated carbocycles. The first-order valence-corrected chi connectivity index (χ1v) is 9.31. The standard InChI is InChI=1S/C20H14F3N3OS/c21-20(22,23)14-4-1-3-13(9-14)10-24-19(27)16-5-2-6-18-17(16)11-25-26(18)15-7-8-28-12-15/h1-9,11-12H,10H2,(H,24,27). The first-order valence-electron chi connectivity index (χ1n) is 8.37. The fraction of sp³-hybridized carbons (Fsp3) is 0.100. The van der Waals surface area contributed by atoms with E-state index >= 15 is 0 Å². The molecule has 2 aromatic heterocycles. The van der Waals surface area contributed by atoms with Crippen LogP contribution in [0.2, 0.25) is 0 Å². The number of rotatable bonds is 4. The van der Waals surface area contributed by atoms with Gasteiger partial charge in [-0.1, -0.05) is 18.2 Å². The SMILES string of the molecule is O=C(NCc1cccc(C(F)(F)F)c1)c1cccc2c1cnn2-c1ccsc1. The van der Waals surface area contributed by atoms with E-state index in [0.717, 1.165) is 23.3 Å². The molecule has 4 rings (SSSR count). The number of halogens is 3. The molecule has 0 fully saturated rings. The number of carbonyl (C=O) groups is 1. The van der Waals surface area contributed by atoms with Crippen LogP contribution in [0.3, 0.4) is 0 Å². The van der Waals surface area contributed by atoms with E-state index in [1.165, 1.54) is 6.07 Å². The number of hydrogen-bond acceptors (Lipinski definition) is 3. The molecule has 28 heavy (non-hydrogen) atoms. The Morgan fingerprint density at radius 2 is 1.96 bits per heavy atom. The molecule has 0 atom stereocenters. The van der Waals surface area contributed by atoms with Crippen molar-refractivity contribution >= 4 is 28.1 Å². The Labute approximate surface area is 162 Å². The third kappa shape index (κ3) is 3.50. The van der Waals surface area contributed by atoms with E-state index in [-0.39, 0.29) is 12.5 Å². The van der Waals surface area contributed by atoms with Crippen molar-refractivity contribution in [2.24, 2.45) is 0 Å². The van der Waals surface area contributed by atoms with Gasteiger partial charge in [-0.3, -0.25) is 4.79 Å². The smallest absolute Gasteiger partial charge is 0.348 e. The third-order valence-corrected chi connectivity index (χ3v) is 4.99. The first-order chi connectivity index (χ1) is 13.4. The second kappa shape index (κ2) is 7.12. The van der Waals surface area contributed by atoms with Gasteiger partial charge in [-0.2, -0.15) is 29.6 Å². The van der Waals surface area contributed by atoms with Crippen molar-refractivity contribution < 1.29 is 18.0 Å². The summed E-state index contributed by atoms with van der Waals surface area (Å²) in [4.78, 5) is 12.6. The number of aromatic nitrogens is 2. The minimum atomic E-state index is -4.41. The van der Waals surface area contributed by atoms with Crippen molar-refractivity contribution in [3.63, 3.8) is 0 Å². The van der Waals surface area contributed by atoms with Gasteiger partial charge >= 0.3 is 6.18 Å². The molecule has 0 aliphatic heterocycles. The third-order valence-electron chi connectivity index (χ3n) is 4.32. The lowest BCUT2D eigenvalue weighted by Gasteiger charge is -2.10. The van der Waals surface area contributed by atoms with Crippen LogP contribution in [0, 0.1) is 0 Å². The van der Waals surface area contributed by atoms with Crippen molar-refractivity contribution in [1.82, 2.24) is 15.1 Å². The fourth-order valence-electron chi connectivity index (χ4n) is 2.97. The van der Waals surface area contributed by atoms with Crippen molar-refractivity contribution in [3.8, 4) is 5.69 Å². The van der Waals surface area contributed by atoms with E-state index in [9.17, 15) is 18.0 Å². The second-order valence-electron chi connectivity index (χ2n) is 6.16. The summed E-state index contributed by atoms with van der Waals surface area (Å²) >= 11 is 1.55. The lowest BCUT2D eigenvalue weighted by atomic mass is 10.1. The Bertz CT molecular complexity index is 1130. The Kier molecular flexibility index (Phi) is 4.64.